The molecule has 0 bridgehead atoms. The molecule has 0 aromatic heterocycles. The molecule has 1 aromatic rings. The second kappa shape index (κ2) is 3.43. The van der Waals surface area contributed by atoms with Gasteiger partial charge in [0.1, 0.15) is 6.07 Å². The molecule has 0 radical (unpaired) electrons. The van der Waals surface area contributed by atoms with Gasteiger partial charge in [-0.2, -0.15) is 13.7 Å². The van der Waals surface area contributed by atoms with Crippen molar-refractivity contribution in [3.05, 3.63) is 29.8 Å². The maximum absolute atomic E-state index is 10.3. The van der Waals surface area contributed by atoms with E-state index in [0.717, 1.165) is 0 Å². The minimum atomic E-state index is -4.56. The van der Waals surface area contributed by atoms with Gasteiger partial charge in [0.2, 0.25) is 0 Å². The van der Waals surface area contributed by atoms with Crippen molar-refractivity contribution in [2.75, 3.05) is 0 Å². The molecule has 1 rings (SSSR count). The Morgan fingerprint density at radius 3 is 2.54 bits per heavy atom. The standard InChI is InChI=1S/C7H5NO4S/c8-5-6-3-1-2-4-7(6)12-13(9,10)11/h1-4H,(H,9,10,11). The molecule has 0 saturated carbocycles. The summed E-state index contributed by atoms with van der Waals surface area (Å²) in [6.07, 6.45) is 0. The Morgan fingerprint density at radius 2 is 2.00 bits per heavy atom. The fourth-order valence-corrected chi connectivity index (χ4v) is 1.12. The van der Waals surface area contributed by atoms with E-state index >= 15 is 0 Å². The van der Waals surface area contributed by atoms with E-state index in [4.69, 9.17) is 9.81 Å². The summed E-state index contributed by atoms with van der Waals surface area (Å²) in [7, 11) is -4.56. The first-order valence-electron chi connectivity index (χ1n) is 3.19. The zero-order valence-electron chi connectivity index (χ0n) is 6.34. The van der Waals surface area contributed by atoms with Crippen LogP contribution in [-0.4, -0.2) is 13.0 Å². The molecule has 0 aliphatic heterocycles. The van der Waals surface area contributed by atoms with Crippen molar-refractivity contribution in [3.63, 3.8) is 0 Å². The average Bonchev–Trinajstić information content (AvgIpc) is 2.02. The van der Waals surface area contributed by atoms with E-state index in [1.54, 1.807) is 12.1 Å². The van der Waals surface area contributed by atoms with Crippen molar-refractivity contribution < 1.29 is 17.2 Å². The van der Waals surface area contributed by atoms with Gasteiger partial charge < -0.3 is 4.18 Å². The smallest absolute Gasteiger partial charge is 0.360 e. The van der Waals surface area contributed by atoms with E-state index in [1.165, 1.54) is 18.2 Å². The summed E-state index contributed by atoms with van der Waals surface area (Å²) in [5.41, 5.74) is 0.0418. The molecule has 0 saturated heterocycles. The number of nitriles is 1. The average molecular weight is 199 g/mol. The van der Waals surface area contributed by atoms with Gasteiger partial charge in [-0.25, -0.2) is 0 Å². The van der Waals surface area contributed by atoms with Gasteiger partial charge in [-0.1, -0.05) is 12.1 Å². The number of hydrogen-bond donors (Lipinski definition) is 1. The normalized spacial score (nSPS) is 10.5. The van der Waals surface area contributed by atoms with Gasteiger partial charge in [-0.3, -0.25) is 4.55 Å². The van der Waals surface area contributed by atoms with Crippen LogP contribution in [-0.2, 0) is 10.4 Å². The maximum Gasteiger partial charge on any atom is 0.446 e. The summed E-state index contributed by atoms with van der Waals surface area (Å²) < 4.78 is 33.0. The van der Waals surface area contributed by atoms with Gasteiger partial charge in [0.15, 0.2) is 5.75 Å². The fourth-order valence-electron chi connectivity index (χ4n) is 0.745. The number of nitrogens with zero attached hydrogens (tertiary/aromatic N) is 1. The highest BCUT2D eigenvalue weighted by molar-refractivity contribution is 7.81. The van der Waals surface area contributed by atoms with Gasteiger partial charge in [-0.15, -0.1) is 0 Å². The maximum atomic E-state index is 10.3. The van der Waals surface area contributed by atoms with Gasteiger partial charge in [0.25, 0.3) is 0 Å². The van der Waals surface area contributed by atoms with Crippen molar-refractivity contribution in [2.45, 2.75) is 0 Å². The Kier molecular flexibility index (Phi) is 2.51. The quantitative estimate of drug-likeness (QED) is 0.709. The second-order valence-corrected chi connectivity index (χ2v) is 3.14. The molecule has 0 amide bonds. The van der Waals surface area contributed by atoms with Crippen molar-refractivity contribution in [2.24, 2.45) is 0 Å². The van der Waals surface area contributed by atoms with E-state index in [9.17, 15) is 8.42 Å². The molecule has 5 nitrogen and oxygen atoms in total. The predicted molar refractivity (Wildman–Crippen MR) is 43.3 cm³/mol. The molecule has 0 spiro atoms. The monoisotopic (exact) mass is 199 g/mol. The highest BCUT2D eigenvalue weighted by Crippen LogP contribution is 2.17. The van der Waals surface area contributed by atoms with Crippen molar-refractivity contribution in [1.82, 2.24) is 0 Å². The molecule has 1 N–H and O–H groups in total. The Labute approximate surface area is 75.1 Å². The highest BCUT2D eigenvalue weighted by Gasteiger charge is 2.09. The predicted octanol–water partition coefficient (Wildman–Crippen LogP) is 0.740. The van der Waals surface area contributed by atoms with Crippen LogP contribution in [0.1, 0.15) is 5.56 Å². The zero-order chi connectivity index (χ0) is 9.90. The van der Waals surface area contributed by atoms with Crippen LogP contribution in [0, 0.1) is 11.3 Å². The summed E-state index contributed by atoms with van der Waals surface area (Å²) >= 11 is 0. The number of benzene rings is 1. The Morgan fingerprint density at radius 1 is 1.38 bits per heavy atom. The van der Waals surface area contributed by atoms with Crippen molar-refractivity contribution in [1.29, 1.82) is 5.26 Å². The summed E-state index contributed by atoms with van der Waals surface area (Å²) in [6, 6.07) is 7.40. The number of para-hydroxylation sites is 1. The minimum absolute atomic E-state index is 0.0418. The van der Waals surface area contributed by atoms with Crippen molar-refractivity contribution >= 4 is 10.4 Å². The van der Waals surface area contributed by atoms with E-state index < -0.39 is 10.4 Å². The fraction of sp³-hybridized carbons (Fsp3) is 0. The second-order valence-electron chi connectivity index (χ2n) is 2.12. The lowest BCUT2D eigenvalue weighted by Gasteiger charge is -2.01. The third kappa shape index (κ3) is 2.74. The summed E-state index contributed by atoms with van der Waals surface area (Å²) in [5.74, 6) is -0.187. The third-order valence-electron chi connectivity index (χ3n) is 1.20. The molecule has 0 heterocycles. The van der Waals surface area contributed by atoms with Crippen LogP contribution in [0.3, 0.4) is 0 Å². The van der Waals surface area contributed by atoms with Crippen LogP contribution in [0.25, 0.3) is 0 Å². The van der Waals surface area contributed by atoms with Gasteiger partial charge in [-0.05, 0) is 12.1 Å². The Bertz CT molecular complexity index is 446. The third-order valence-corrected chi connectivity index (χ3v) is 1.59. The number of hydrogen-bond acceptors (Lipinski definition) is 4. The molecule has 0 aliphatic rings. The van der Waals surface area contributed by atoms with E-state index in [1.807, 2.05) is 0 Å². The molecule has 68 valence electrons. The molecule has 0 unspecified atom stereocenters. The lowest BCUT2D eigenvalue weighted by atomic mass is 10.2. The van der Waals surface area contributed by atoms with E-state index in [-0.39, 0.29) is 11.3 Å². The van der Waals surface area contributed by atoms with Crippen molar-refractivity contribution in [3.8, 4) is 11.8 Å². The SMILES string of the molecule is N#Cc1ccccc1OS(=O)(=O)O. The first-order chi connectivity index (χ1) is 6.03. The van der Waals surface area contributed by atoms with Crippen LogP contribution in [0.2, 0.25) is 0 Å². The Hall–Kier alpha value is -1.58. The largest absolute Gasteiger partial charge is 0.446 e. The first kappa shape index (κ1) is 9.51. The lowest BCUT2D eigenvalue weighted by molar-refractivity contribution is 0.386. The highest BCUT2D eigenvalue weighted by atomic mass is 32.3. The van der Waals surface area contributed by atoms with Crippen LogP contribution in [0.15, 0.2) is 24.3 Å². The van der Waals surface area contributed by atoms with Crippen LogP contribution < -0.4 is 4.18 Å². The summed E-state index contributed by atoms with van der Waals surface area (Å²) in [5, 5.41) is 8.51. The lowest BCUT2D eigenvalue weighted by Crippen LogP contribution is -2.07. The van der Waals surface area contributed by atoms with Gasteiger partial charge >= 0.3 is 10.4 Å². The first-order valence-corrected chi connectivity index (χ1v) is 4.55. The molecule has 1 aromatic carbocycles. The van der Waals surface area contributed by atoms with Crippen LogP contribution in [0.5, 0.6) is 5.75 Å². The topological polar surface area (TPSA) is 87.4 Å². The molecule has 0 aliphatic carbocycles. The molecule has 0 atom stereocenters. The molecule has 13 heavy (non-hydrogen) atoms. The van der Waals surface area contributed by atoms with Crippen LogP contribution >= 0.6 is 0 Å². The summed E-state index contributed by atoms with van der Waals surface area (Å²) in [4.78, 5) is 0. The molecular formula is C7H5NO4S. The zero-order valence-corrected chi connectivity index (χ0v) is 7.15. The molecule has 0 fully saturated rings. The Balaban J connectivity index is 3.10. The minimum Gasteiger partial charge on any atom is -0.360 e. The van der Waals surface area contributed by atoms with Gasteiger partial charge in [0, 0.05) is 0 Å². The van der Waals surface area contributed by atoms with Crippen LogP contribution in [0.4, 0.5) is 0 Å². The molecular weight excluding hydrogens is 194 g/mol. The number of rotatable bonds is 2. The van der Waals surface area contributed by atoms with E-state index in [0.29, 0.717) is 0 Å². The van der Waals surface area contributed by atoms with Gasteiger partial charge in [0.05, 0.1) is 5.56 Å². The molecule has 6 heteroatoms. The summed E-state index contributed by atoms with van der Waals surface area (Å²) in [6.45, 7) is 0. The van der Waals surface area contributed by atoms with E-state index in [2.05, 4.69) is 4.18 Å².